The van der Waals surface area contributed by atoms with E-state index < -0.39 is 24.1 Å². The van der Waals surface area contributed by atoms with E-state index in [1.54, 1.807) is 5.51 Å². The van der Waals surface area contributed by atoms with Gasteiger partial charge in [-0.25, -0.2) is 14.6 Å². The van der Waals surface area contributed by atoms with Crippen molar-refractivity contribution in [2.24, 2.45) is 0 Å². The number of hydrogen-bond acceptors (Lipinski definition) is 5. The number of amides is 2. The molecule has 0 spiro atoms. The van der Waals surface area contributed by atoms with E-state index in [0.717, 1.165) is 10.6 Å². The smallest absolute Gasteiger partial charge is 0.326 e. The van der Waals surface area contributed by atoms with E-state index >= 15 is 0 Å². The highest BCUT2D eigenvalue weighted by Gasteiger charge is 2.38. The van der Waals surface area contributed by atoms with Crippen molar-refractivity contribution in [3.05, 3.63) is 16.6 Å². The van der Waals surface area contributed by atoms with Crippen LogP contribution in [0.5, 0.6) is 0 Å². The Kier molecular flexibility index (Phi) is 4.33. The highest BCUT2D eigenvalue weighted by Crippen LogP contribution is 2.18. The zero-order valence-electron chi connectivity index (χ0n) is 10.2. The van der Waals surface area contributed by atoms with Crippen LogP contribution in [-0.4, -0.2) is 57.3 Å². The van der Waals surface area contributed by atoms with Crippen LogP contribution in [0.4, 0.5) is 4.79 Å². The summed E-state index contributed by atoms with van der Waals surface area (Å²) in [4.78, 5) is 28.1. The number of carbonyl (C=O) groups is 2. The van der Waals surface area contributed by atoms with Crippen molar-refractivity contribution in [1.29, 1.82) is 0 Å². The lowest BCUT2D eigenvalue weighted by molar-refractivity contribution is -0.141. The number of nitrogens with zero attached hydrogens (tertiary/aromatic N) is 2. The third-order valence-corrected chi connectivity index (χ3v) is 3.60. The number of urea groups is 1. The van der Waals surface area contributed by atoms with Crippen LogP contribution in [0.3, 0.4) is 0 Å². The van der Waals surface area contributed by atoms with Crippen molar-refractivity contribution in [1.82, 2.24) is 15.2 Å². The topological polar surface area (TPSA) is 103 Å². The molecule has 2 amide bonds. The van der Waals surface area contributed by atoms with Gasteiger partial charge in [0.1, 0.15) is 6.04 Å². The molecule has 0 saturated carbocycles. The summed E-state index contributed by atoms with van der Waals surface area (Å²) in [5, 5.41) is 23.0. The van der Waals surface area contributed by atoms with Gasteiger partial charge in [-0.15, -0.1) is 11.3 Å². The van der Waals surface area contributed by atoms with Gasteiger partial charge in [0.2, 0.25) is 0 Å². The zero-order valence-corrected chi connectivity index (χ0v) is 11.0. The van der Waals surface area contributed by atoms with Gasteiger partial charge in [-0.1, -0.05) is 0 Å². The maximum Gasteiger partial charge on any atom is 0.326 e. The molecule has 0 aliphatic carbocycles. The van der Waals surface area contributed by atoms with Gasteiger partial charge in [0.25, 0.3) is 0 Å². The fourth-order valence-corrected chi connectivity index (χ4v) is 2.63. The molecule has 7 nitrogen and oxygen atoms in total. The summed E-state index contributed by atoms with van der Waals surface area (Å²) >= 11 is 1.48. The molecule has 19 heavy (non-hydrogen) atoms. The SMILES string of the molecule is O=C(O)[C@@H]1C[C@H](O)CN1C(=O)NCCc1cscn1. The minimum absolute atomic E-state index is 0.0551. The summed E-state index contributed by atoms with van der Waals surface area (Å²) in [6, 6.07) is -1.41. The Balaban J connectivity index is 1.83. The summed E-state index contributed by atoms with van der Waals surface area (Å²) in [5.74, 6) is -1.09. The van der Waals surface area contributed by atoms with Crippen LogP contribution in [0.2, 0.25) is 0 Å². The number of nitrogens with one attached hydrogen (secondary N) is 1. The molecule has 2 atom stereocenters. The third kappa shape index (κ3) is 3.42. The molecule has 2 rings (SSSR count). The van der Waals surface area contributed by atoms with Crippen molar-refractivity contribution in [3.63, 3.8) is 0 Å². The lowest BCUT2D eigenvalue weighted by Gasteiger charge is -2.21. The lowest BCUT2D eigenvalue weighted by atomic mass is 10.2. The van der Waals surface area contributed by atoms with Gasteiger partial charge in [0.15, 0.2) is 0 Å². The van der Waals surface area contributed by atoms with Crippen LogP contribution in [0.15, 0.2) is 10.9 Å². The van der Waals surface area contributed by atoms with Gasteiger partial charge in [-0.2, -0.15) is 0 Å². The van der Waals surface area contributed by atoms with Gasteiger partial charge in [0.05, 0.1) is 17.3 Å². The number of aliphatic hydroxyl groups is 1. The van der Waals surface area contributed by atoms with Crippen LogP contribution in [0, 0.1) is 0 Å². The van der Waals surface area contributed by atoms with Crippen LogP contribution >= 0.6 is 11.3 Å². The summed E-state index contributed by atoms with van der Waals surface area (Å²) in [6.45, 7) is 0.445. The predicted octanol–water partition coefficient (Wildman–Crippen LogP) is -0.0850. The van der Waals surface area contributed by atoms with E-state index in [1.165, 1.54) is 11.3 Å². The molecule has 8 heteroatoms. The van der Waals surface area contributed by atoms with E-state index in [0.29, 0.717) is 13.0 Å². The highest BCUT2D eigenvalue weighted by atomic mass is 32.1. The van der Waals surface area contributed by atoms with Gasteiger partial charge in [-0.05, 0) is 0 Å². The number of aromatic nitrogens is 1. The first kappa shape index (κ1) is 13.8. The van der Waals surface area contributed by atoms with Crippen LogP contribution in [-0.2, 0) is 11.2 Å². The summed E-state index contributed by atoms with van der Waals surface area (Å²) in [7, 11) is 0. The average Bonchev–Trinajstić information content (AvgIpc) is 2.98. The monoisotopic (exact) mass is 285 g/mol. The molecular formula is C11H15N3O4S. The van der Waals surface area contributed by atoms with Gasteiger partial charge in [-0.3, -0.25) is 0 Å². The molecule has 2 heterocycles. The van der Waals surface area contributed by atoms with Crippen LogP contribution in [0.1, 0.15) is 12.1 Å². The average molecular weight is 285 g/mol. The number of carbonyl (C=O) groups excluding carboxylic acids is 1. The van der Waals surface area contributed by atoms with E-state index in [4.69, 9.17) is 5.11 Å². The second-order valence-corrected chi connectivity index (χ2v) is 5.08. The normalized spacial score (nSPS) is 22.5. The van der Waals surface area contributed by atoms with E-state index in [-0.39, 0.29) is 13.0 Å². The second kappa shape index (κ2) is 5.98. The molecule has 0 aromatic carbocycles. The van der Waals surface area contributed by atoms with Crippen LogP contribution < -0.4 is 5.32 Å². The number of aliphatic carboxylic acids is 1. The molecule has 1 aromatic rings. The molecule has 1 fully saturated rings. The number of likely N-dealkylation sites (tertiary alicyclic amines) is 1. The number of aliphatic hydroxyl groups excluding tert-OH is 1. The maximum absolute atomic E-state index is 11.9. The Hall–Kier alpha value is -1.67. The predicted molar refractivity (Wildman–Crippen MR) is 68.0 cm³/mol. The molecule has 0 bridgehead atoms. The summed E-state index contributed by atoms with van der Waals surface area (Å²) in [6.07, 6.45) is -0.0940. The molecule has 1 saturated heterocycles. The fraction of sp³-hybridized carbons (Fsp3) is 0.545. The minimum atomic E-state index is -1.09. The number of rotatable bonds is 4. The fourth-order valence-electron chi connectivity index (χ4n) is 2.03. The van der Waals surface area contributed by atoms with Crippen molar-refractivity contribution in [2.45, 2.75) is 25.0 Å². The Morgan fingerprint density at radius 2 is 2.37 bits per heavy atom. The molecule has 3 N–H and O–H groups in total. The molecule has 104 valence electrons. The van der Waals surface area contributed by atoms with Crippen molar-refractivity contribution in [3.8, 4) is 0 Å². The largest absolute Gasteiger partial charge is 0.480 e. The Morgan fingerprint density at radius 3 is 3.00 bits per heavy atom. The summed E-state index contributed by atoms with van der Waals surface area (Å²) in [5.41, 5.74) is 2.61. The number of β-amino-alcohol motifs (C(OH)–C–C–N with tert-alkyl or cyclic N) is 1. The highest BCUT2D eigenvalue weighted by molar-refractivity contribution is 7.07. The van der Waals surface area contributed by atoms with Crippen molar-refractivity contribution >= 4 is 23.3 Å². The maximum atomic E-state index is 11.9. The molecule has 1 aromatic heterocycles. The Morgan fingerprint density at radius 1 is 1.58 bits per heavy atom. The Bertz CT molecular complexity index is 451. The van der Waals surface area contributed by atoms with Gasteiger partial charge < -0.3 is 20.4 Å². The quantitative estimate of drug-likeness (QED) is 0.717. The molecule has 0 radical (unpaired) electrons. The van der Waals surface area contributed by atoms with Crippen molar-refractivity contribution in [2.75, 3.05) is 13.1 Å². The third-order valence-electron chi connectivity index (χ3n) is 2.97. The van der Waals surface area contributed by atoms with Crippen molar-refractivity contribution < 1.29 is 19.8 Å². The number of hydrogen-bond donors (Lipinski definition) is 3. The first-order valence-corrected chi connectivity index (χ1v) is 6.84. The summed E-state index contributed by atoms with van der Waals surface area (Å²) < 4.78 is 0. The van der Waals surface area contributed by atoms with E-state index in [1.807, 2.05) is 5.38 Å². The second-order valence-electron chi connectivity index (χ2n) is 4.36. The lowest BCUT2D eigenvalue weighted by Crippen LogP contribution is -2.46. The van der Waals surface area contributed by atoms with Crippen LogP contribution in [0.25, 0.3) is 0 Å². The first-order chi connectivity index (χ1) is 9.08. The number of carboxylic acids is 1. The van der Waals surface area contributed by atoms with Gasteiger partial charge >= 0.3 is 12.0 Å². The van der Waals surface area contributed by atoms with E-state index in [9.17, 15) is 14.7 Å². The zero-order chi connectivity index (χ0) is 13.8. The van der Waals surface area contributed by atoms with E-state index in [2.05, 4.69) is 10.3 Å². The molecular weight excluding hydrogens is 270 g/mol. The Labute approximate surface area is 113 Å². The van der Waals surface area contributed by atoms with Gasteiger partial charge in [0, 0.05) is 31.3 Å². The number of carboxylic acid groups (broad SMARTS) is 1. The molecule has 0 unspecified atom stereocenters. The molecule has 1 aliphatic rings. The minimum Gasteiger partial charge on any atom is -0.480 e. The number of thiazole rings is 1. The first-order valence-electron chi connectivity index (χ1n) is 5.90. The standard InChI is InChI=1S/C11H15N3O4S/c15-8-3-9(10(16)17)14(4-8)11(18)12-2-1-7-5-19-6-13-7/h5-6,8-9,15H,1-4H2,(H,12,18)(H,16,17)/t8-,9-/m0/s1. The molecule has 1 aliphatic heterocycles.